The molecule has 4 heterocycles. The van der Waals surface area contributed by atoms with Gasteiger partial charge in [-0.1, -0.05) is 30.3 Å². The Morgan fingerprint density at radius 1 is 0.750 bits per heavy atom. The quantitative estimate of drug-likeness (QED) is 0.473. The van der Waals surface area contributed by atoms with E-state index < -0.39 is 0 Å². The Kier molecular flexibility index (Phi) is 2.93. The van der Waals surface area contributed by atoms with Crippen LogP contribution in [0.3, 0.4) is 0 Å². The molecule has 24 heavy (non-hydrogen) atoms. The SMILES string of the molecule is c1ccc(-c2ccc(-c3nn4ccnc4c4ccccc34)s2)nc1. The van der Waals surface area contributed by atoms with Crippen molar-refractivity contribution in [2.45, 2.75) is 0 Å². The lowest BCUT2D eigenvalue weighted by Gasteiger charge is -2.05. The molecule has 5 aromatic rings. The van der Waals surface area contributed by atoms with Gasteiger partial charge in [0.2, 0.25) is 0 Å². The van der Waals surface area contributed by atoms with Crippen LogP contribution in [0.2, 0.25) is 0 Å². The number of imidazole rings is 1. The smallest absolute Gasteiger partial charge is 0.161 e. The third kappa shape index (κ3) is 2.02. The van der Waals surface area contributed by atoms with Gasteiger partial charge in [0.15, 0.2) is 5.65 Å². The Balaban J connectivity index is 1.75. The molecule has 4 aromatic heterocycles. The van der Waals surface area contributed by atoms with E-state index in [4.69, 9.17) is 5.10 Å². The molecular weight excluding hydrogens is 316 g/mol. The van der Waals surface area contributed by atoms with E-state index in [9.17, 15) is 0 Å². The number of nitrogens with zero attached hydrogens (tertiary/aromatic N) is 4. The Labute approximate surface area is 142 Å². The zero-order valence-electron chi connectivity index (χ0n) is 12.6. The fourth-order valence-corrected chi connectivity index (χ4v) is 3.89. The Morgan fingerprint density at radius 2 is 1.58 bits per heavy atom. The lowest BCUT2D eigenvalue weighted by atomic mass is 10.1. The molecular formula is C19H12N4S. The summed E-state index contributed by atoms with van der Waals surface area (Å²) in [7, 11) is 0. The summed E-state index contributed by atoms with van der Waals surface area (Å²) >= 11 is 1.71. The summed E-state index contributed by atoms with van der Waals surface area (Å²) in [6.45, 7) is 0. The van der Waals surface area contributed by atoms with Gasteiger partial charge in [0.25, 0.3) is 0 Å². The molecule has 0 fully saturated rings. The minimum atomic E-state index is 0.885. The highest BCUT2D eigenvalue weighted by Gasteiger charge is 2.13. The molecule has 0 N–H and O–H groups in total. The molecule has 0 saturated heterocycles. The van der Waals surface area contributed by atoms with Gasteiger partial charge in [-0.15, -0.1) is 11.3 Å². The fourth-order valence-electron chi connectivity index (χ4n) is 2.91. The third-order valence-corrected chi connectivity index (χ3v) is 5.12. The van der Waals surface area contributed by atoms with Crippen molar-refractivity contribution in [2.24, 2.45) is 0 Å². The maximum Gasteiger partial charge on any atom is 0.161 e. The van der Waals surface area contributed by atoms with Crippen LogP contribution in [0.5, 0.6) is 0 Å². The molecule has 0 amide bonds. The van der Waals surface area contributed by atoms with Crippen LogP contribution in [0.4, 0.5) is 0 Å². The minimum absolute atomic E-state index is 0.885. The number of thiophene rings is 1. The van der Waals surface area contributed by atoms with Crippen LogP contribution < -0.4 is 0 Å². The van der Waals surface area contributed by atoms with E-state index in [2.05, 4.69) is 34.2 Å². The van der Waals surface area contributed by atoms with E-state index >= 15 is 0 Å². The van der Waals surface area contributed by atoms with Gasteiger partial charge in [-0.3, -0.25) is 4.98 Å². The molecule has 114 valence electrons. The van der Waals surface area contributed by atoms with Gasteiger partial charge < -0.3 is 0 Å². The molecule has 0 aliphatic heterocycles. The Hall–Kier alpha value is -3.05. The van der Waals surface area contributed by atoms with Crippen molar-refractivity contribution in [2.75, 3.05) is 0 Å². The van der Waals surface area contributed by atoms with Gasteiger partial charge >= 0.3 is 0 Å². The van der Waals surface area contributed by atoms with E-state index in [1.165, 1.54) is 0 Å². The van der Waals surface area contributed by atoms with E-state index in [0.717, 1.165) is 37.6 Å². The number of fused-ring (bicyclic) bond motifs is 3. The highest BCUT2D eigenvalue weighted by atomic mass is 32.1. The number of pyridine rings is 1. The van der Waals surface area contributed by atoms with Crippen LogP contribution in [-0.4, -0.2) is 19.6 Å². The molecule has 0 radical (unpaired) electrons. The van der Waals surface area contributed by atoms with Crippen molar-refractivity contribution < 1.29 is 0 Å². The summed E-state index contributed by atoms with van der Waals surface area (Å²) in [5.41, 5.74) is 2.85. The Morgan fingerprint density at radius 3 is 2.46 bits per heavy atom. The van der Waals surface area contributed by atoms with Crippen molar-refractivity contribution >= 4 is 27.8 Å². The summed E-state index contributed by atoms with van der Waals surface area (Å²) in [5, 5.41) is 7.01. The second kappa shape index (κ2) is 5.25. The summed E-state index contributed by atoms with van der Waals surface area (Å²) in [6, 6.07) is 18.5. The van der Waals surface area contributed by atoms with Crippen LogP contribution in [0.1, 0.15) is 0 Å². The standard InChI is InChI=1S/C19H12N4S/c1-2-6-14-13(5-1)18(22-23-12-11-21-19(14)23)17-9-8-16(24-17)15-7-3-4-10-20-15/h1-12H. The third-order valence-electron chi connectivity index (χ3n) is 4.01. The molecule has 0 bridgehead atoms. The number of hydrogen-bond acceptors (Lipinski definition) is 4. The number of aromatic nitrogens is 4. The maximum absolute atomic E-state index is 4.78. The van der Waals surface area contributed by atoms with E-state index in [1.807, 2.05) is 47.2 Å². The lowest BCUT2D eigenvalue weighted by molar-refractivity contribution is 0.956. The molecule has 0 unspecified atom stereocenters. The van der Waals surface area contributed by atoms with Crippen LogP contribution >= 0.6 is 11.3 Å². The second-order valence-corrected chi connectivity index (χ2v) is 6.55. The molecule has 0 atom stereocenters. The molecule has 5 rings (SSSR count). The summed E-state index contributed by atoms with van der Waals surface area (Å²) in [4.78, 5) is 11.1. The van der Waals surface area contributed by atoms with Crippen LogP contribution in [-0.2, 0) is 0 Å². The van der Waals surface area contributed by atoms with Gasteiger partial charge in [-0.25, -0.2) is 9.50 Å². The average molecular weight is 328 g/mol. The van der Waals surface area contributed by atoms with Crippen LogP contribution in [0, 0.1) is 0 Å². The van der Waals surface area contributed by atoms with Gasteiger partial charge in [0.05, 0.1) is 15.4 Å². The number of rotatable bonds is 2. The monoisotopic (exact) mass is 328 g/mol. The summed E-state index contributed by atoms with van der Waals surface area (Å²) in [5.74, 6) is 0. The van der Waals surface area contributed by atoms with E-state index in [1.54, 1.807) is 17.5 Å². The van der Waals surface area contributed by atoms with Crippen LogP contribution in [0.15, 0.2) is 73.2 Å². The minimum Gasteiger partial charge on any atom is -0.255 e. The first-order chi connectivity index (χ1) is 11.9. The molecule has 0 spiro atoms. The topological polar surface area (TPSA) is 43.1 Å². The molecule has 4 nitrogen and oxygen atoms in total. The first-order valence-electron chi connectivity index (χ1n) is 7.64. The van der Waals surface area contributed by atoms with Crippen molar-refractivity contribution in [1.82, 2.24) is 19.6 Å². The van der Waals surface area contributed by atoms with Crippen molar-refractivity contribution in [3.63, 3.8) is 0 Å². The molecule has 1 aromatic carbocycles. The molecule has 0 saturated carbocycles. The van der Waals surface area contributed by atoms with Crippen molar-refractivity contribution in [3.05, 3.63) is 73.2 Å². The van der Waals surface area contributed by atoms with Gasteiger partial charge in [0, 0.05) is 29.4 Å². The normalized spacial score (nSPS) is 11.3. The lowest BCUT2D eigenvalue weighted by Crippen LogP contribution is -1.95. The largest absolute Gasteiger partial charge is 0.255 e. The molecule has 0 aliphatic rings. The van der Waals surface area contributed by atoms with Crippen molar-refractivity contribution in [1.29, 1.82) is 0 Å². The van der Waals surface area contributed by atoms with Gasteiger partial charge in [0.1, 0.15) is 5.69 Å². The van der Waals surface area contributed by atoms with Crippen molar-refractivity contribution in [3.8, 4) is 21.1 Å². The fraction of sp³-hybridized carbons (Fsp3) is 0. The summed E-state index contributed by atoms with van der Waals surface area (Å²) in [6.07, 6.45) is 5.49. The molecule has 0 aliphatic carbocycles. The van der Waals surface area contributed by atoms with E-state index in [-0.39, 0.29) is 0 Å². The summed E-state index contributed by atoms with van der Waals surface area (Å²) < 4.78 is 1.85. The first kappa shape index (κ1) is 13.4. The van der Waals surface area contributed by atoms with E-state index in [0.29, 0.717) is 0 Å². The van der Waals surface area contributed by atoms with Crippen LogP contribution in [0.25, 0.3) is 37.6 Å². The Bertz CT molecular complexity index is 1160. The first-order valence-corrected chi connectivity index (χ1v) is 8.45. The zero-order valence-corrected chi connectivity index (χ0v) is 13.4. The second-order valence-electron chi connectivity index (χ2n) is 5.47. The molecule has 5 heteroatoms. The number of hydrogen-bond donors (Lipinski definition) is 0. The van der Waals surface area contributed by atoms with Gasteiger partial charge in [-0.2, -0.15) is 5.10 Å². The maximum atomic E-state index is 4.78. The van der Waals surface area contributed by atoms with Gasteiger partial charge in [-0.05, 0) is 24.3 Å². The predicted molar refractivity (Wildman–Crippen MR) is 97.0 cm³/mol. The predicted octanol–water partition coefficient (Wildman–Crippen LogP) is 4.67. The highest BCUT2D eigenvalue weighted by molar-refractivity contribution is 7.18. The highest BCUT2D eigenvalue weighted by Crippen LogP contribution is 2.36. The average Bonchev–Trinajstić information content (AvgIpc) is 3.31. The zero-order chi connectivity index (χ0) is 15.9. The number of benzene rings is 1.